The Bertz CT molecular complexity index is 348. The number of carbonyl (C=O) groups is 1. The predicted octanol–water partition coefficient (Wildman–Crippen LogP) is 3.46. The summed E-state index contributed by atoms with van der Waals surface area (Å²) in [5, 5.41) is 6.73. The topological polar surface area (TPSA) is 50.4 Å². The van der Waals surface area contributed by atoms with Gasteiger partial charge >= 0.3 is 6.09 Å². The van der Waals surface area contributed by atoms with E-state index in [1.807, 2.05) is 20.8 Å². The lowest BCUT2D eigenvalue weighted by atomic mass is 9.78. The zero-order chi connectivity index (χ0) is 15.6. The number of nitrogens with one attached hydrogen (secondary N) is 2. The van der Waals surface area contributed by atoms with Crippen molar-refractivity contribution in [2.24, 2.45) is 11.8 Å². The second kappa shape index (κ2) is 6.55. The van der Waals surface area contributed by atoms with Gasteiger partial charge in [0, 0.05) is 18.1 Å². The van der Waals surface area contributed by atoms with Crippen LogP contribution in [0.3, 0.4) is 0 Å². The van der Waals surface area contributed by atoms with Crippen LogP contribution >= 0.6 is 0 Å². The minimum Gasteiger partial charge on any atom is -0.444 e. The fraction of sp³-hybridized carbons (Fsp3) is 0.941. The molecule has 0 aromatic heterocycles. The molecule has 0 aromatic rings. The summed E-state index contributed by atoms with van der Waals surface area (Å²) in [6.45, 7) is 10.4. The molecule has 2 N–H and O–H groups in total. The van der Waals surface area contributed by atoms with Gasteiger partial charge in [0.2, 0.25) is 0 Å². The van der Waals surface area contributed by atoms with E-state index in [1.165, 1.54) is 19.3 Å². The molecule has 0 saturated heterocycles. The molecular formula is C17H32N2O2. The third-order valence-corrected chi connectivity index (χ3v) is 4.51. The van der Waals surface area contributed by atoms with Gasteiger partial charge in [0.1, 0.15) is 5.60 Å². The smallest absolute Gasteiger partial charge is 0.407 e. The Balaban J connectivity index is 1.64. The highest BCUT2D eigenvalue weighted by molar-refractivity contribution is 5.68. The normalized spacial score (nSPS) is 36.7. The molecule has 21 heavy (non-hydrogen) atoms. The number of hydrogen-bond acceptors (Lipinski definition) is 3. The molecule has 2 unspecified atom stereocenters. The van der Waals surface area contributed by atoms with E-state index in [-0.39, 0.29) is 12.1 Å². The van der Waals surface area contributed by atoms with Gasteiger partial charge in [-0.3, -0.25) is 0 Å². The van der Waals surface area contributed by atoms with Crippen molar-refractivity contribution in [1.29, 1.82) is 0 Å². The number of hydrogen-bond donors (Lipinski definition) is 2. The van der Waals surface area contributed by atoms with Crippen LogP contribution in [0.25, 0.3) is 0 Å². The van der Waals surface area contributed by atoms with Crippen LogP contribution in [0.5, 0.6) is 0 Å². The van der Waals surface area contributed by atoms with E-state index in [2.05, 4.69) is 24.5 Å². The monoisotopic (exact) mass is 296 g/mol. The molecule has 122 valence electrons. The summed E-state index contributed by atoms with van der Waals surface area (Å²) < 4.78 is 5.29. The summed E-state index contributed by atoms with van der Waals surface area (Å²) in [4.78, 5) is 11.7. The van der Waals surface area contributed by atoms with Crippen molar-refractivity contribution in [2.75, 3.05) is 0 Å². The molecule has 2 atom stereocenters. The highest BCUT2D eigenvalue weighted by Gasteiger charge is 2.34. The third-order valence-electron chi connectivity index (χ3n) is 4.51. The number of alkyl carbamates (subject to hydrolysis) is 1. The van der Waals surface area contributed by atoms with Crippen molar-refractivity contribution >= 4 is 6.09 Å². The van der Waals surface area contributed by atoms with Crippen LogP contribution in [0.4, 0.5) is 4.79 Å². The molecule has 2 aliphatic rings. The predicted molar refractivity (Wildman–Crippen MR) is 85.3 cm³/mol. The first kappa shape index (κ1) is 16.6. The number of ether oxygens (including phenoxy) is 1. The molecule has 2 fully saturated rings. The molecule has 2 aliphatic carbocycles. The highest BCUT2D eigenvalue weighted by Crippen LogP contribution is 2.30. The molecule has 0 radical (unpaired) electrons. The Kier molecular flexibility index (Phi) is 5.18. The van der Waals surface area contributed by atoms with Crippen molar-refractivity contribution in [1.82, 2.24) is 10.6 Å². The number of carbonyl (C=O) groups excluding carboxylic acids is 1. The first-order valence-electron chi connectivity index (χ1n) is 8.47. The van der Waals surface area contributed by atoms with Crippen molar-refractivity contribution in [2.45, 2.75) is 90.4 Å². The van der Waals surface area contributed by atoms with Gasteiger partial charge < -0.3 is 15.4 Å². The standard InChI is InChI=1S/C17H32N2O2/c1-11-6-12(2)8-13(7-11)18-14-9-15(10-14)19-16(20)21-17(3,4)5/h11-15,18H,6-10H2,1-5H3,(H,19,20). The molecule has 2 rings (SSSR count). The maximum absolute atomic E-state index is 11.7. The third kappa shape index (κ3) is 5.50. The molecule has 0 aromatic carbocycles. The summed E-state index contributed by atoms with van der Waals surface area (Å²) in [5.41, 5.74) is -0.417. The Morgan fingerprint density at radius 3 is 1.95 bits per heavy atom. The zero-order valence-corrected chi connectivity index (χ0v) is 14.2. The molecule has 4 heteroatoms. The van der Waals surface area contributed by atoms with Crippen LogP contribution in [-0.2, 0) is 4.74 Å². The second-order valence-electron chi connectivity index (χ2n) is 8.29. The maximum Gasteiger partial charge on any atom is 0.407 e. The Morgan fingerprint density at radius 2 is 1.43 bits per heavy atom. The van der Waals surface area contributed by atoms with Crippen molar-refractivity contribution in [3.05, 3.63) is 0 Å². The Labute approximate surface area is 129 Å². The molecule has 1 amide bonds. The van der Waals surface area contributed by atoms with Crippen LogP contribution in [-0.4, -0.2) is 29.8 Å². The van der Waals surface area contributed by atoms with Crippen LogP contribution in [0.15, 0.2) is 0 Å². The molecule has 0 heterocycles. The van der Waals surface area contributed by atoms with Gasteiger partial charge in [-0.1, -0.05) is 13.8 Å². The van der Waals surface area contributed by atoms with Gasteiger partial charge in [0.15, 0.2) is 0 Å². The first-order valence-corrected chi connectivity index (χ1v) is 8.47. The van der Waals surface area contributed by atoms with Gasteiger partial charge in [-0.05, 0) is 64.7 Å². The molecule has 0 aliphatic heterocycles. The van der Waals surface area contributed by atoms with E-state index in [4.69, 9.17) is 4.74 Å². The van der Waals surface area contributed by atoms with Crippen molar-refractivity contribution in [3.63, 3.8) is 0 Å². The summed E-state index contributed by atoms with van der Waals surface area (Å²) in [7, 11) is 0. The minimum absolute atomic E-state index is 0.274. The summed E-state index contributed by atoms with van der Waals surface area (Å²) in [5.74, 6) is 1.67. The van der Waals surface area contributed by atoms with Gasteiger partial charge in [-0.25, -0.2) is 4.79 Å². The van der Waals surface area contributed by atoms with Crippen molar-refractivity contribution in [3.8, 4) is 0 Å². The summed E-state index contributed by atoms with van der Waals surface area (Å²) in [6, 6.07) is 1.50. The van der Waals surface area contributed by atoms with E-state index in [1.54, 1.807) is 0 Å². The van der Waals surface area contributed by atoms with E-state index in [9.17, 15) is 4.79 Å². The van der Waals surface area contributed by atoms with E-state index in [0.717, 1.165) is 24.7 Å². The molecule has 2 saturated carbocycles. The van der Waals surface area contributed by atoms with Gasteiger partial charge in [-0.15, -0.1) is 0 Å². The lowest BCUT2D eigenvalue weighted by Gasteiger charge is -2.41. The van der Waals surface area contributed by atoms with E-state index >= 15 is 0 Å². The molecule has 4 nitrogen and oxygen atoms in total. The largest absolute Gasteiger partial charge is 0.444 e. The van der Waals surface area contributed by atoms with Gasteiger partial charge in [0.05, 0.1) is 0 Å². The number of rotatable bonds is 3. The zero-order valence-electron chi connectivity index (χ0n) is 14.2. The molecular weight excluding hydrogens is 264 g/mol. The van der Waals surface area contributed by atoms with Crippen LogP contribution in [0, 0.1) is 11.8 Å². The van der Waals surface area contributed by atoms with E-state index < -0.39 is 5.60 Å². The summed E-state index contributed by atoms with van der Waals surface area (Å²) >= 11 is 0. The van der Waals surface area contributed by atoms with Crippen LogP contribution < -0.4 is 10.6 Å². The fourth-order valence-corrected chi connectivity index (χ4v) is 3.76. The number of amides is 1. The van der Waals surface area contributed by atoms with Crippen LogP contribution in [0.2, 0.25) is 0 Å². The lowest BCUT2D eigenvalue weighted by molar-refractivity contribution is 0.0459. The SMILES string of the molecule is CC1CC(C)CC(NC2CC(NC(=O)OC(C)(C)C)C2)C1. The first-order chi connectivity index (χ1) is 9.71. The van der Waals surface area contributed by atoms with E-state index in [0.29, 0.717) is 12.1 Å². The van der Waals surface area contributed by atoms with Gasteiger partial charge in [-0.2, -0.15) is 0 Å². The lowest BCUT2D eigenvalue weighted by Crippen LogP contribution is -2.56. The average Bonchev–Trinajstić information content (AvgIpc) is 2.21. The average molecular weight is 296 g/mol. The summed E-state index contributed by atoms with van der Waals surface area (Å²) in [6.07, 6.45) is 5.73. The fourth-order valence-electron chi connectivity index (χ4n) is 3.76. The second-order valence-corrected chi connectivity index (χ2v) is 8.29. The minimum atomic E-state index is -0.417. The van der Waals surface area contributed by atoms with Gasteiger partial charge in [0.25, 0.3) is 0 Å². The van der Waals surface area contributed by atoms with Crippen molar-refractivity contribution < 1.29 is 9.53 Å². The molecule has 0 spiro atoms. The Morgan fingerprint density at radius 1 is 0.905 bits per heavy atom. The van der Waals surface area contributed by atoms with Crippen LogP contribution in [0.1, 0.15) is 66.7 Å². The highest BCUT2D eigenvalue weighted by atomic mass is 16.6. The molecule has 0 bridgehead atoms. The maximum atomic E-state index is 11.7. The quantitative estimate of drug-likeness (QED) is 0.838. The Hall–Kier alpha value is -0.770.